The van der Waals surface area contributed by atoms with Gasteiger partial charge in [0, 0.05) is 6.54 Å². The minimum Gasteiger partial charge on any atom is -0.480 e. The van der Waals surface area contributed by atoms with Crippen LogP contribution in [0, 0.1) is 0 Å². The van der Waals surface area contributed by atoms with Gasteiger partial charge in [-0.3, -0.25) is 9.32 Å². The van der Waals surface area contributed by atoms with Crippen LogP contribution in [0.2, 0.25) is 0 Å². The summed E-state index contributed by atoms with van der Waals surface area (Å²) in [6.07, 6.45) is 0. The quantitative estimate of drug-likeness (QED) is 0.285. The number of carboxylic acids is 1. The fourth-order valence-electron chi connectivity index (χ4n) is 0.250. The van der Waals surface area contributed by atoms with Crippen LogP contribution >= 0.6 is 7.82 Å². The van der Waals surface area contributed by atoms with Gasteiger partial charge in [-0.05, 0) is 0 Å². The van der Waals surface area contributed by atoms with Crippen LogP contribution in [0.5, 0.6) is 0 Å². The van der Waals surface area contributed by atoms with Crippen LogP contribution in [0.15, 0.2) is 0 Å². The lowest BCUT2D eigenvalue weighted by molar-refractivity contribution is -0.139. The van der Waals surface area contributed by atoms with Crippen LogP contribution in [0.1, 0.15) is 0 Å². The Balaban J connectivity index is 0. The van der Waals surface area contributed by atoms with Crippen LogP contribution in [-0.2, 0) is 13.9 Å². The first-order valence-electron chi connectivity index (χ1n) is 3.74. The van der Waals surface area contributed by atoms with Crippen molar-refractivity contribution in [3.8, 4) is 0 Å². The molecule has 0 spiro atoms. The zero-order chi connectivity index (χ0) is 12.5. The Kier molecular flexibility index (Phi) is 9.84. The standard InChI is InChI=1S/C3H7NO3.C2H8NO4P/c4-2(1-5)3(6)7;3-1-2-7-8(4,5)6/h2,5H,1,4H2,(H,6,7);1-3H2,(H2,4,5,6). The number of nitrogens with two attached hydrogens (primary N) is 2. The van der Waals surface area contributed by atoms with E-state index in [2.05, 4.69) is 4.52 Å². The maximum Gasteiger partial charge on any atom is 0.469 e. The number of phosphoric ester groups is 1. The van der Waals surface area contributed by atoms with E-state index >= 15 is 0 Å². The van der Waals surface area contributed by atoms with E-state index in [1.165, 1.54) is 0 Å². The minimum atomic E-state index is -4.26. The van der Waals surface area contributed by atoms with Crippen LogP contribution in [-0.4, -0.2) is 51.8 Å². The third-order valence-electron chi connectivity index (χ3n) is 0.891. The van der Waals surface area contributed by atoms with Crippen molar-refractivity contribution in [1.29, 1.82) is 0 Å². The van der Waals surface area contributed by atoms with Crippen LogP contribution in [0.25, 0.3) is 0 Å². The number of phosphoric acid groups is 1. The maximum atomic E-state index is 9.81. The Morgan fingerprint density at radius 2 is 1.93 bits per heavy atom. The van der Waals surface area contributed by atoms with Gasteiger partial charge in [0.05, 0.1) is 13.2 Å². The Hall–Kier alpha value is -0.540. The first kappa shape index (κ1) is 16.9. The van der Waals surface area contributed by atoms with E-state index < -0.39 is 26.4 Å². The van der Waals surface area contributed by atoms with Gasteiger partial charge < -0.3 is 31.5 Å². The molecule has 0 saturated heterocycles. The highest BCUT2D eigenvalue weighted by Gasteiger charge is 2.11. The summed E-state index contributed by atoms with van der Waals surface area (Å²) in [6.45, 7) is -0.495. The van der Waals surface area contributed by atoms with E-state index in [9.17, 15) is 9.36 Å². The molecule has 1 atom stereocenters. The molecule has 8 N–H and O–H groups in total. The molecular formula is C5H15N2O7P. The molecule has 0 saturated carbocycles. The number of aliphatic carboxylic acids is 1. The number of aliphatic hydroxyl groups excluding tert-OH is 1. The van der Waals surface area contributed by atoms with Crippen LogP contribution in [0.3, 0.4) is 0 Å². The number of hydrogen-bond donors (Lipinski definition) is 6. The van der Waals surface area contributed by atoms with Crippen molar-refractivity contribution >= 4 is 13.8 Å². The molecule has 0 aromatic rings. The van der Waals surface area contributed by atoms with Crippen molar-refractivity contribution < 1.29 is 33.9 Å². The zero-order valence-corrected chi connectivity index (χ0v) is 8.71. The number of aliphatic hydroxyl groups is 1. The first-order valence-corrected chi connectivity index (χ1v) is 5.27. The highest BCUT2D eigenvalue weighted by atomic mass is 31.2. The van der Waals surface area contributed by atoms with Gasteiger partial charge in [-0.25, -0.2) is 4.57 Å². The smallest absolute Gasteiger partial charge is 0.469 e. The van der Waals surface area contributed by atoms with E-state index in [0.717, 1.165) is 0 Å². The molecule has 0 aromatic carbocycles. The van der Waals surface area contributed by atoms with Crippen molar-refractivity contribution in [3.63, 3.8) is 0 Å². The van der Waals surface area contributed by atoms with E-state index in [1.54, 1.807) is 0 Å². The normalized spacial score (nSPS) is 12.6. The molecule has 0 fully saturated rings. The van der Waals surface area contributed by atoms with E-state index in [1.807, 2.05) is 0 Å². The van der Waals surface area contributed by atoms with E-state index in [-0.39, 0.29) is 13.2 Å². The Morgan fingerprint density at radius 1 is 1.47 bits per heavy atom. The van der Waals surface area contributed by atoms with Crippen molar-refractivity contribution in [2.45, 2.75) is 6.04 Å². The van der Waals surface area contributed by atoms with Gasteiger partial charge in [-0.1, -0.05) is 0 Å². The summed E-state index contributed by atoms with van der Waals surface area (Å²) in [4.78, 5) is 25.6. The molecular weight excluding hydrogens is 231 g/mol. The molecule has 1 unspecified atom stereocenters. The molecule has 92 valence electrons. The second-order valence-electron chi connectivity index (χ2n) is 2.24. The minimum absolute atomic E-state index is 0.107. The predicted molar refractivity (Wildman–Crippen MR) is 49.7 cm³/mol. The molecule has 10 heteroatoms. The maximum absolute atomic E-state index is 9.81. The highest BCUT2D eigenvalue weighted by molar-refractivity contribution is 7.46. The number of hydrogen-bond acceptors (Lipinski definition) is 6. The van der Waals surface area contributed by atoms with Gasteiger partial charge in [0.25, 0.3) is 0 Å². The van der Waals surface area contributed by atoms with Crippen LogP contribution in [0.4, 0.5) is 0 Å². The van der Waals surface area contributed by atoms with E-state index in [0.29, 0.717) is 0 Å². The lowest BCUT2D eigenvalue weighted by atomic mass is 10.3. The van der Waals surface area contributed by atoms with Gasteiger partial charge in [-0.15, -0.1) is 0 Å². The summed E-state index contributed by atoms with van der Waals surface area (Å²) >= 11 is 0. The van der Waals surface area contributed by atoms with Gasteiger partial charge in [0.2, 0.25) is 0 Å². The average Bonchev–Trinajstić information content (AvgIpc) is 2.13. The SMILES string of the molecule is NC(CO)C(=O)O.NCCOP(=O)(O)O. The lowest BCUT2D eigenvalue weighted by Gasteiger charge is -2.00. The van der Waals surface area contributed by atoms with Crippen molar-refractivity contribution in [3.05, 3.63) is 0 Å². The van der Waals surface area contributed by atoms with Crippen molar-refractivity contribution in [2.75, 3.05) is 19.8 Å². The molecule has 15 heavy (non-hydrogen) atoms. The molecule has 0 aliphatic heterocycles. The fraction of sp³-hybridized carbons (Fsp3) is 0.800. The van der Waals surface area contributed by atoms with Crippen molar-refractivity contribution in [1.82, 2.24) is 0 Å². The Morgan fingerprint density at radius 3 is 2.00 bits per heavy atom. The molecule has 0 rings (SSSR count). The Labute approximate surface area is 85.9 Å². The van der Waals surface area contributed by atoms with E-state index in [4.69, 9.17) is 31.5 Å². The topological polar surface area (TPSA) is 176 Å². The number of carboxylic acid groups (broad SMARTS) is 1. The second-order valence-corrected chi connectivity index (χ2v) is 3.48. The Bertz CT molecular complexity index is 217. The third-order valence-corrected chi connectivity index (χ3v) is 1.41. The largest absolute Gasteiger partial charge is 0.480 e. The zero-order valence-electron chi connectivity index (χ0n) is 7.81. The molecule has 0 aliphatic rings. The fourth-order valence-corrected chi connectivity index (χ4v) is 0.593. The monoisotopic (exact) mass is 246 g/mol. The van der Waals surface area contributed by atoms with Gasteiger partial charge in [0.15, 0.2) is 0 Å². The van der Waals surface area contributed by atoms with Crippen LogP contribution < -0.4 is 11.5 Å². The molecule has 0 radical (unpaired) electrons. The molecule has 9 nitrogen and oxygen atoms in total. The molecule has 0 aliphatic carbocycles. The molecule has 0 aromatic heterocycles. The first-order chi connectivity index (χ1) is 6.74. The lowest BCUT2D eigenvalue weighted by Crippen LogP contribution is -2.33. The van der Waals surface area contributed by atoms with Gasteiger partial charge in [0.1, 0.15) is 6.04 Å². The molecule has 0 bridgehead atoms. The summed E-state index contributed by atoms with van der Waals surface area (Å²) < 4.78 is 13.7. The number of rotatable bonds is 5. The van der Waals surface area contributed by atoms with Gasteiger partial charge >= 0.3 is 13.8 Å². The summed E-state index contributed by atoms with van der Waals surface area (Å²) in [5, 5.41) is 15.9. The summed E-state index contributed by atoms with van der Waals surface area (Å²) in [5.74, 6) is -1.18. The number of carbonyl (C=O) groups is 1. The summed E-state index contributed by atoms with van der Waals surface area (Å²) in [6, 6.07) is -1.13. The van der Waals surface area contributed by atoms with Crippen molar-refractivity contribution in [2.24, 2.45) is 11.5 Å². The molecule has 0 heterocycles. The predicted octanol–water partition coefficient (Wildman–Crippen LogP) is -2.55. The third kappa shape index (κ3) is 16.2. The van der Waals surface area contributed by atoms with Gasteiger partial charge in [-0.2, -0.15) is 0 Å². The molecule has 0 amide bonds. The average molecular weight is 246 g/mol. The second kappa shape index (κ2) is 8.74. The highest BCUT2D eigenvalue weighted by Crippen LogP contribution is 2.34. The summed E-state index contributed by atoms with van der Waals surface area (Å²) in [7, 11) is -4.26. The summed E-state index contributed by atoms with van der Waals surface area (Å²) in [5.41, 5.74) is 9.63.